The minimum Gasteiger partial charge on any atom is -0.465 e. The van der Waals surface area contributed by atoms with Gasteiger partial charge in [0.15, 0.2) is 0 Å². The Morgan fingerprint density at radius 3 is 2.85 bits per heavy atom. The highest BCUT2D eigenvalue weighted by Gasteiger charge is 2.51. The molecule has 1 amide bonds. The van der Waals surface area contributed by atoms with Crippen LogP contribution in [-0.2, 0) is 9.47 Å². The van der Waals surface area contributed by atoms with Crippen molar-refractivity contribution in [3.8, 4) is 0 Å². The van der Waals surface area contributed by atoms with Gasteiger partial charge in [-0.3, -0.25) is 0 Å². The summed E-state index contributed by atoms with van der Waals surface area (Å²) in [7, 11) is 1.65. The minimum atomic E-state index is -0.866. The first-order chi connectivity index (χ1) is 6.15. The zero-order valence-corrected chi connectivity index (χ0v) is 7.52. The van der Waals surface area contributed by atoms with Gasteiger partial charge in [-0.05, 0) is 0 Å². The van der Waals surface area contributed by atoms with Gasteiger partial charge in [-0.1, -0.05) is 0 Å². The van der Waals surface area contributed by atoms with E-state index in [4.69, 9.17) is 14.6 Å². The smallest absolute Gasteiger partial charge is 0.407 e. The average Bonchev–Trinajstić information content (AvgIpc) is 2.44. The van der Waals surface area contributed by atoms with Crippen LogP contribution in [0.4, 0.5) is 4.79 Å². The normalized spacial score (nSPS) is 30.5. The molecule has 1 spiro atoms. The second-order valence-corrected chi connectivity index (χ2v) is 3.69. The second kappa shape index (κ2) is 2.85. The third-order valence-corrected chi connectivity index (χ3v) is 2.74. The molecular weight excluding hydrogens is 174 g/mol. The van der Waals surface area contributed by atoms with Crippen LogP contribution in [0.25, 0.3) is 0 Å². The fraction of sp³-hybridized carbons (Fsp3) is 0.875. The Morgan fingerprint density at radius 1 is 1.69 bits per heavy atom. The second-order valence-electron chi connectivity index (χ2n) is 3.69. The molecule has 2 fully saturated rings. The summed E-state index contributed by atoms with van der Waals surface area (Å²) in [6.45, 7) is 1.56. The maximum Gasteiger partial charge on any atom is 0.407 e. The number of likely N-dealkylation sites (tertiary alicyclic amines) is 1. The third-order valence-electron chi connectivity index (χ3n) is 2.74. The highest BCUT2D eigenvalue weighted by Crippen LogP contribution is 2.35. The summed E-state index contributed by atoms with van der Waals surface area (Å²) in [5.41, 5.74) is -0.237. The van der Waals surface area contributed by atoms with Gasteiger partial charge in [0.05, 0.1) is 25.8 Å². The molecular formula is C8H13NO4. The fourth-order valence-electron chi connectivity index (χ4n) is 1.96. The molecule has 5 nitrogen and oxygen atoms in total. The van der Waals surface area contributed by atoms with E-state index in [2.05, 4.69) is 0 Å². The first kappa shape index (κ1) is 8.77. The van der Waals surface area contributed by atoms with Crippen LogP contribution < -0.4 is 0 Å². The molecule has 2 saturated heterocycles. The van der Waals surface area contributed by atoms with Crippen LogP contribution in [0.3, 0.4) is 0 Å². The van der Waals surface area contributed by atoms with Crippen molar-refractivity contribution in [3.05, 3.63) is 0 Å². The Balaban J connectivity index is 1.87. The molecule has 2 rings (SSSR count). The number of carbonyl (C=O) groups is 1. The van der Waals surface area contributed by atoms with Gasteiger partial charge < -0.3 is 19.5 Å². The van der Waals surface area contributed by atoms with Gasteiger partial charge in [-0.25, -0.2) is 4.79 Å². The molecule has 74 valence electrons. The summed E-state index contributed by atoms with van der Waals surface area (Å²) in [6.07, 6.45) is 0.0823. The SMILES string of the molecule is CO[C@H]1COC2(C1)CN(C(=O)O)C2. The lowest BCUT2D eigenvalue weighted by atomic mass is 9.90. The molecule has 2 heterocycles. The molecule has 0 aliphatic carbocycles. The minimum absolute atomic E-state index is 0.135. The third kappa shape index (κ3) is 1.38. The van der Waals surface area contributed by atoms with E-state index in [1.54, 1.807) is 7.11 Å². The monoisotopic (exact) mass is 187 g/mol. The highest BCUT2D eigenvalue weighted by atomic mass is 16.6. The van der Waals surface area contributed by atoms with Crippen molar-refractivity contribution < 1.29 is 19.4 Å². The van der Waals surface area contributed by atoms with Crippen molar-refractivity contribution in [1.82, 2.24) is 4.90 Å². The summed E-state index contributed by atoms with van der Waals surface area (Å²) in [4.78, 5) is 11.9. The summed E-state index contributed by atoms with van der Waals surface area (Å²) in [5.74, 6) is 0. The summed E-state index contributed by atoms with van der Waals surface area (Å²) in [5, 5.41) is 8.64. The van der Waals surface area contributed by atoms with E-state index in [-0.39, 0.29) is 11.7 Å². The number of methoxy groups -OCH3 is 1. The van der Waals surface area contributed by atoms with Gasteiger partial charge in [0.1, 0.15) is 5.60 Å². The Hall–Kier alpha value is -0.810. The zero-order chi connectivity index (χ0) is 9.47. The molecule has 0 aromatic carbocycles. The molecule has 13 heavy (non-hydrogen) atoms. The van der Waals surface area contributed by atoms with Crippen LogP contribution >= 0.6 is 0 Å². The van der Waals surface area contributed by atoms with Crippen LogP contribution in [0.5, 0.6) is 0 Å². The van der Waals surface area contributed by atoms with Crippen molar-refractivity contribution in [2.24, 2.45) is 0 Å². The summed E-state index contributed by atoms with van der Waals surface area (Å²) < 4.78 is 10.7. The van der Waals surface area contributed by atoms with E-state index in [1.165, 1.54) is 4.90 Å². The molecule has 1 N–H and O–H groups in total. The quantitative estimate of drug-likeness (QED) is 0.635. The van der Waals surface area contributed by atoms with Crippen molar-refractivity contribution in [2.75, 3.05) is 26.8 Å². The maximum absolute atomic E-state index is 10.5. The number of ether oxygens (including phenoxy) is 2. The highest BCUT2D eigenvalue weighted by molar-refractivity contribution is 5.66. The van der Waals surface area contributed by atoms with Crippen LogP contribution in [0, 0.1) is 0 Å². The lowest BCUT2D eigenvalue weighted by molar-refractivity contribution is -0.0983. The Labute approximate surface area is 76.2 Å². The molecule has 2 aliphatic rings. The molecule has 0 radical (unpaired) electrons. The van der Waals surface area contributed by atoms with E-state index >= 15 is 0 Å². The molecule has 5 heteroatoms. The van der Waals surface area contributed by atoms with Gasteiger partial charge >= 0.3 is 6.09 Å². The lowest BCUT2D eigenvalue weighted by Gasteiger charge is -2.45. The van der Waals surface area contributed by atoms with Crippen molar-refractivity contribution >= 4 is 6.09 Å². The van der Waals surface area contributed by atoms with Gasteiger partial charge in [-0.15, -0.1) is 0 Å². The van der Waals surface area contributed by atoms with E-state index in [1.807, 2.05) is 0 Å². The summed E-state index contributed by atoms with van der Waals surface area (Å²) in [6, 6.07) is 0. The zero-order valence-electron chi connectivity index (χ0n) is 7.52. The Morgan fingerprint density at radius 2 is 2.38 bits per heavy atom. The molecule has 0 aromatic rings. The van der Waals surface area contributed by atoms with E-state index in [0.29, 0.717) is 19.7 Å². The van der Waals surface area contributed by atoms with E-state index in [0.717, 1.165) is 6.42 Å². The predicted octanol–water partition coefficient (Wildman–Crippen LogP) is 0.154. The first-order valence-corrected chi connectivity index (χ1v) is 4.30. The number of rotatable bonds is 1. The molecule has 0 saturated carbocycles. The Bertz CT molecular complexity index is 224. The molecule has 0 aromatic heterocycles. The van der Waals surface area contributed by atoms with Gasteiger partial charge in [0, 0.05) is 13.5 Å². The lowest BCUT2D eigenvalue weighted by Crippen LogP contribution is -2.63. The van der Waals surface area contributed by atoms with E-state index in [9.17, 15) is 4.79 Å². The average molecular weight is 187 g/mol. The van der Waals surface area contributed by atoms with Gasteiger partial charge in [-0.2, -0.15) is 0 Å². The first-order valence-electron chi connectivity index (χ1n) is 4.30. The van der Waals surface area contributed by atoms with Crippen LogP contribution in [0.2, 0.25) is 0 Å². The molecule has 0 unspecified atom stereocenters. The van der Waals surface area contributed by atoms with Crippen LogP contribution in [0.15, 0.2) is 0 Å². The summed E-state index contributed by atoms with van der Waals surface area (Å²) >= 11 is 0. The van der Waals surface area contributed by atoms with Gasteiger partial charge in [0.2, 0.25) is 0 Å². The number of hydrogen-bond donors (Lipinski definition) is 1. The van der Waals surface area contributed by atoms with E-state index < -0.39 is 6.09 Å². The van der Waals surface area contributed by atoms with Crippen molar-refractivity contribution in [1.29, 1.82) is 0 Å². The van der Waals surface area contributed by atoms with Crippen LogP contribution in [0.1, 0.15) is 6.42 Å². The number of hydrogen-bond acceptors (Lipinski definition) is 3. The topological polar surface area (TPSA) is 59.0 Å². The molecule has 2 aliphatic heterocycles. The van der Waals surface area contributed by atoms with Crippen molar-refractivity contribution in [3.63, 3.8) is 0 Å². The standard InChI is InChI=1S/C8H13NO4/c1-12-6-2-8(13-3-6)4-9(5-8)7(10)11/h6H,2-5H2,1H3,(H,10,11)/t6-/m1/s1. The molecule has 1 atom stereocenters. The largest absolute Gasteiger partial charge is 0.465 e. The Kier molecular flexibility index (Phi) is 1.92. The predicted molar refractivity (Wildman–Crippen MR) is 43.7 cm³/mol. The number of nitrogens with zero attached hydrogens (tertiary/aromatic N) is 1. The van der Waals surface area contributed by atoms with Gasteiger partial charge in [0.25, 0.3) is 0 Å². The fourth-order valence-corrected chi connectivity index (χ4v) is 1.96. The number of carboxylic acid groups (broad SMARTS) is 1. The molecule has 0 bridgehead atoms. The van der Waals surface area contributed by atoms with Crippen molar-refractivity contribution in [2.45, 2.75) is 18.1 Å². The maximum atomic E-state index is 10.5. The van der Waals surface area contributed by atoms with Crippen LogP contribution in [-0.4, -0.2) is 54.6 Å². The number of amides is 1.